The SMILES string of the molecule is CCOc1cc(C)c(C(C)C)cc1S(=O)(=O)N1CC(C)CC(C)C1. The van der Waals surface area contributed by atoms with E-state index >= 15 is 0 Å². The van der Waals surface area contributed by atoms with Gasteiger partial charge < -0.3 is 4.74 Å². The standard InChI is InChI=1S/C19H31NO3S/c1-7-23-18-9-16(6)17(13(2)3)10-19(18)24(21,22)20-11-14(4)8-15(5)12-20/h9-10,13-15H,7-8,11-12H2,1-6H3. The summed E-state index contributed by atoms with van der Waals surface area (Å²) in [7, 11) is -3.55. The van der Waals surface area contributed by atoms with Crippen LogP contribution in [0.5, 0.6) is 5.75 Å². The van der Waals surface area contributed by atoms with Gasteiger partial charge in [-0.05, 0) is 61.3 Å². The van der Waals surface area contributed by atoms with Crippen LogP contribution in [-0.4, -0.2) is 32.4 Å². The van der Waals surface area contributed by atoms with E-state index in [-0.39, 0.29) is 5.92 Å². The second kappa shape index (κ2) is 7.44. The number of rotatable bonds is 5. The van der Waals surface area contributed by atoms with Gasteiger partial charge in [0.25, 0.3) is 0 Å². The quantitative estimate of drug-likeness (QED) is 0.797. The first-order valence-electron chi connectivity index (χ1n) is 8.94. The van der Waals surface area contributed by atoms with Crippen LogP contribution in [0.4, 0.5) is 0 Å². The lowest BCUT2D eigenvalue weighted by molar-refractivity contribution is 0.222. The predicted molar refractivity (Wildman–Crippen MR) is 98.1 cm³/mol. The van der Waals surface area contributed by atoms with Crippen molar-refractivity contribution in [2.24, 2.45) is 11.8 Å². The summed E-state index contributed by atoms with van der Waals surface area (Å²) < 4.78 is 33.9. The normalized spacial score (nSPS) is 22.8. The summed E-state index contributed by atoms with van der Waals surface area (Å²) in [4.78, 5) is 0.319. The fraction of sp³-hybridized carbons (Fsp3) is 0.684. The first-order chi connectivity index (χ1) is 11.2. The molecule has 1 saturated heterocycles. The molecule has 0 saturated carbocycles. The molecule has 2 unspecified atom stereocenters. The van der Waals surface area contributed by atoms with E-state index in [4.69, 9.17) is 4.74 Å². The first kappa shape index (κ1) is 19.3. The molecule has 1 aliphatic rings. The van der Waals surface area contributed by atoms with Crippen LogP contribution in [0.15, 0.2) is 17.0 Å². The highest BCUT2D eigenvalue weighted by Gasteiger charge is 2.34. The van der Waals surface area contributed by atoms with Crippen LogP contribution >= 0.6 is 0 Å². The molecule has 136 valence electrons. The Kier molecular flexibility index (Phi) is 5.97. The number of nitrogens with zero attached hydrogens (tertiary/aromatic N) is 1. The summed E-state index contributed by atoms with van der Waals surface area (Å²) in [6.07, 6.45) is 1.08. The van der Waals surface area contributed by atoms with E-state index in [2.05, 4.69) is 27.7 Å². The molecule has 2 rings (SSSR count). The molecule has 5 heteroatoms. The number of ether oxygens (including phenoxy) is 1. The highest BCUT2D eigenvalue weighted by molar-refractivity contribution is 7.89. The predicted octanol–water partition coefficient (Wildman–Crippen LogP) is 4.18. The van der Waals surface area contributed by atoms with E-state index in [9.17, 15) is 8.42 Å². The molecule has 0 N–H and O–H groups in total. The molecule has 1 heterocycles. The Bertz CT molecular complexity index is 672. The van der Waals surface area contributed by atoms with Crippen molar-refractivity contribution >= 4 is 10.0 Å². The summed E-state index contributed by atoms with van der Waals surface area (Å²) in [6, 6.07) is 3.70. The van der Waals surface area contributed by atoms with Gasteiger partial charge in [-0.2, -0.15) is 4.31 Å². The molecule has 0 radical (unpaired) electrons. The number of aryl methyl sites for hydroxylation is 1. The van der Waals surface area contributed by atoms with Crippen LogP contribution in [0.25, 0.3) is 0 Å². The molecule has 1 fully saturated rings. The lowest BCUT2D eigenvalue weighted by Gasteiger charge is -2.34. The minimum Gasteiger partial charge on any atom is -0.492 e. The van der Waals surface area contributed by atoms with Crippen molar-refractivity contribution < 1.29 is 13.2 Å². The van der Waals surface area contributed by atoms with E-state index in [1.54, 1.807) is 4.31 Å². The number of hydrogen-bond acceptors (Lipinski definition) is 3. The van der Waals surface area contributed by atoms with Crippen molar-refractivity contribution in [2.75, 3.05) is 19.7 Å². The molecule has 2 atom stereocenters. The van der Waals surface area contributed by atoms with E-state index in [1.165, 1.54) is 0 Å². The third-order valence-corrected chi connectivity index (χ3v) is 6.56. The van der Waals surface area contributed by atoms with Crippen molar-refractivity contribution in [3.05, 3.63) is 23.3 Å². The van der Waals surface area contributed by atoms with Gasteiger partial charge in [0.05, 0.1) is 6.61 Å². The number of sulfonamides is 1. The van der Waals surface area contributed by atoms with Crippen molar-refractivity contribution in [1.82, 2.24) is 4.31 Å². The van der Waals surface area contributed by atoms with Crippen LogP contribution < -0.4 is 4.74 Å². The summed E-state index contributed by atoms with van der Waals surface area (Å²) in [5.41, 5.74) is 2.14. The summed E-state index contributed by atoms with van der Waals surface area (Å²) in [5.74, 6) is 1.52. The fourth-order valence-corrected chi connectivity index (χ4v) is 5.54. The average Bonchev–Trinajstić information content (AvgIpc) is 2.46. The Labute approximate surface area is 147 Å². The third-order valence-electron chi connectivity index (χ3n) is 4.71. The maximum atomic E-state index is 13.3. The maximum Gasteiger partial charge on any atom is 0.246 e. The van der Waals surface area contributed by atoms with Gasteiger partial charge in [-0.15, -0.1) is 0 Å². The van der Waals surface area contributed by atoms with Gasteiger partial charge in [0.2, 0.25) is 10.0 Å². The van der Waals surface area contributed by atoms with Gasteiger partial charge in [0.15, 0.2) is 0 Å². The van der Waals surface area contributed by atoms with Gasteiger partial charge >= 0.3 is 0 Å². The molecule has 0 aromatic heterocycles. The van der Waals surface area contributed by atoms with E-state index in [0.717, 1.165) is 17.5 Å². The van der Waals surface area contributed by atoms with Crippen LogP contribution in [0.2, 0.25) is 0 Å². The molecule has 4 nitrogen and oxygen atoms in total. The third kappa shape index (κ3) is 3.94. The van der Waals surface area contributed by atoms with Gasteiger partial charge in [-0.25, -0.2) is 8.42 Å². The molecule has 1 aromatic carbocycles. The van der Waals surface area contributed by atoms with Crippen LogP contribution in [-0.2, 0) is 10.0 Å². The Morgan fingerprint density at radius 2 is 1.79 bits per heavy atom. The van der Waals surface area contributed by atoms with Gasteiger partial charge in [0, 0.05) is 13.1 Å². The van der Waals surface area contributed by atoms with Crippen molar-refractivity contribution in [2.45, 2.75) is 58.8 Å². The molecular weight excluding hydrogens is 322 g/mol. The lowest BCUT2D eigenvalue weighted by atomic mass is 9.94. The van der Waals surface area contributed by atoms with E-state index in [1.807, 2.05) is 26.0 Å². The molecular formula is C19H31NO3S. The molecule has 0 bridgehead atoms. The van der Waals surface area contributed by atoms with Crippen molar-refractivity contribution in [3.8, 4) is 5.75 Å². The molecule has 0 spiro atoms. The Morgan fingerprint density at radius 3 is 2.29 bits per heavy atom. The minimum atomic E-state index is -3.55. The second-order valence-corrected chi connectivity index (χ2v) is 9.42. The van der Waals surface area contributed by atoms with Gasteiger partial charge in [0.1, 0.15) is 10.6 Å². The number of piperidine rings is 1. The zero-order chi connectivity index (χ0) is 18.1. The molecule has 1 aromatic rings. The topological polar surface area (TPSA) is 46.6 Å². The van der Waals surface area contributed by atoms with Gasteiger partial charge in [-0.3, -0.25) is 0 Å². The van der Waals surface area contributed by atoms with Crippen LogP contribution in [0.1, 0.15) is 58.1 Å². The zero-order valence-corrected chi connectivity index (χ0v) is 16.6. The molecule has 0 amide bonds. The Balaban J connectivity index is 2.53. The van der Waals surface area contributed by atoms with Crippen LogP contribution in [0, 0.1) is 18.8 Å². The molecule has 0 aliphatic carbocycles. The zero-order valence-electron chi connectivity index (χ0n) is 15.8. The minimum absolute atomic E-state index is 0.272. The van der Waals surface area contributed by atoms with Crippen LogP contribution in [0.3, 0.4) is 0 Å². The van der Waals surface area contributed by atoms with E-state index < -0.39 is 10.0 Å². The fourth-order valence-electron chi connectivity index (χ4n) is 3.71. The first-order valence-corrected chi connectivity index (χ1v) is 10.4. The Hall–Kier alpha value is -1.07. The molecule has 24 heavy (non-hydrogen) atoms. The van der Waals surface area contributed by atoms with Gasteiger partial charge in [-0.1, -0.05) is 27.7 Å². The molecule has 1 aliphatic heterocycles. The average molecular weight is 354 g/mol. The highest BCUT2D eigenvalue weighted by atomic mass is 32.2. The largest absolute Gasteiger partial charge is 0.492 e. The van der Waals surface area contributed by atoms with E-state index in [0.29, 0.717) is 42.2 Å². The summed E-state index contributed by atoms with van der Waals surface area (Å²) in [6.45, 7) is 13.9. The second-order valence-electron chi connectivity index (χ2n) is 7.51. The van der Waals surface area contributed by atoms with Crippen molar-refractivity contribution in [1.29, 1.82) is 0 Å². The highest BCUT2D eigenvalue weighted by Crippen LogP contribution is 2.35. The smallest absolute Gasteiger partial charge is 0.246 e. The van der Waals surface area contributed by atoms with Crippen molar-refractivity contribution in [3.63, 3.8) is 0 Å². The lowest BCUT2D eigenvalue weighted by Crippen LogP contribution is -2.42. The maximum absolute atomic E-state index is 13.3. The Morgan fingerprint density at radius 1 is 1.21 bits per heavy atom. The summed E-state index contributed by atoms with van der Waals surface area (Å²) in [5, 5.41) is 0. The number of benzene rings is 1. The number of hydrogen-bond donors (Lipinski definition) is 0. The monoisotopic (exact) mass is 353 g/mol. The summed E-state index contributed by atoms with van der Waals surface area (Å²) >= 11 is 0.